The molecule has 0 aromatic rings. The van der Waals surface area contributed by atoms with Gasteiger partial charge in [-0.25, -0.2) is 0 Å². The minimum Gasteiger partial charge on any atom is -0.344 e. The molecule has 5 heteroatoms. The predicted octanol–water partition coefficient (Wildman–Crippen LogP) is 0.788. The van der Waals surface area contributed by atoms with Crippen LogP contribution in [-0.4, -0.2) is 0 Å². The van der Waals surface area contributed by atoms with Gasteiger partial charge in [-0.1, -0.05) is 7.43 Å². The average molecular weight is 255 g/mol. The molecule has 1 radical (unpaired) electrons. The summed E-state index contributed by atoms with van der Waals surface area (Å²) >= 11 is 0. The predicted molar refractivity (Wildman–Crippen MR) is 11.8 cm³/mol. The first kappa shape index (κ1) is 96.6. The third-order valence-corrected chi connectivity index (χ3v) is 0. The van der Waals surface area contributed by atoms with Crippen LogP contribution >= 0.6 is 0 Å². The Hall–Kier alpha value is 2.02. The van der Waals surface area contributed by atoms with Crippen molar-refractivity contribution in [2.75, 3.05) is 0 Å². The van der Waals surface area contributed by atoms with Crippen molar-refractivity contribution in [2.24, 2.45) is 0 Å². The van der Waals surface area contributed by atoms with Crippen LogP contribution in [0.25, 0.3) is 0 Å². The molecular formula is CH7CrFeMnNNi. The molecule has 3 N–H and O–H groups in total. The summed E-state index contributed by atoms with van der Waals surface area (Å²) in [7, 11) is 0. The van der Waals surface area contributed by atoms with Gasteiger partial charge in [-0.05, 0) is 0 Å². The van der Waals surface area contributed by atoms with E-state index >= 15 is 0 Å². The minimum absolute atomic E-state index is 0. The second-order valence-corrected chi connectivity index (χ2v) is 0. The maximum Gasteiger partial charge on any atom is 0 e. The molecule has 0 aliphatic carbocycles. The van der Waals surface area contributed by atoms with Gasteiger partial charge in [-0.3, -0.25) is 0 Å². The van der Waals surface area contributed by atoms with Crippen LogP contribution in [0.5, 0.6) is 0 Å². The van der Waals surface area contributed by atoms with Gasteiger partial charge in [0.25, 0.3) is 0 Å². The van der Waals surface area contributed by atoms with Crippen molar-refractivity contribution in [1.82, 2.24) is 6.15 Å². The maximum absolute atomic E-state index is 0. The third-order valence-electron chi connectivity index (χ3n) is 0. The molecule has 0 heterocycles. The molecule has 0 saturated heterocycles. The van der Waals surface area contributed by atoms with E-state index in [-0.39, 0.29) is 81.6 Å². The van der Waals surface area contributed by atoms with Crippen molar-refractivity contribution in [2.45, 2.75) is 7.43 Å². The molecule has 0 aliphatic heterocycles. The van der Waals surface area contributed by atoms with Gasteiger partial charge in [-0.2, -0.15) is 0 Å². The van der Waals surface area contributed by atoms with E-state index in [4.69, 9.17) is 0 Å². The van der Waals surface area contributed by atoms with Crippen LogP contribution in [0, 0.1) is 0 Å². The second kappa shape index (κ2) is 62.2. The Labute approximate surface area is 81.0 Å². The van der Waals surface area contributed by atoms with E-state index in [1.807, 2.05) is 0 Å². The molecule has 0 bridgehead atoms. The molecule has 0 aromatic carbocycles. The first-order valence-electron chi connectivity index (χ1n) is 0. The normalized spacial score (nSPS) is 0. The Morgan fingerprint density at radius 1 is 1.00 bits per heavy atom. The van der Waals surface area contributed by atoms with Crippen LogP contribution in [-0.2, 0) is 68.0 Å². The summed E-state index contributed by atoms with van der Waals surface area (Å²) in [5.41, 5.74) is 0. The molecule has 0 aromatic heterocycles. The number of hydrogen-bond donors (Lipinski definition) is 1. The van der Waals surface area contributed by atoms with Crippen LogP contribution < -0.4 is 6.15 Å². The summed E-state index contributed by atoms with van der Waals surface area (Å²) in [6.45, 7) is 0. The quantitative estimate of drug-likeness (QED) is 0.637. The molecule has 1 nitrogen and oxygen atoms in total. The van der Waals surface area contributed by atoms with Crippen molar-refractivity contribution in [1.29, 1.82) is 0 Å². The Morgan fingerprint density at radius 2 is 1.00 bits per heavy atom. The fourth-order valence-corrected chi connectivity index (χ4v) is 0. The first-order chi connectivity index (χ1) is 0. The van der Waals surface area contributed by atoms with Crippen molar-refractivity contribution in [3.63, 3.8) is 0 Å². The molecule has 0 spiro atoms. The summed E-state index contributed by atoms with van der Waals surface area (Å²) in [6, 6.07) is 0. The van der Waals surface area contributed by atoms with Crippen molar-refractivity contribution in [3.8, 4) is 0 Å². The average Bonchev–Trinajstić information content (AvgIpc) is 0. The van der Waals surface area contributed by atoms with Crippen LogP contribution in [0.3, 0.4) is 0 Å². The number of hydrogen-bond acceptors (Lipinski definition) is 1. The van der Waals surface area contributed by atoms with Gasteiger partial charge in [-0.15, -0.1) is 0 Å². The zero-order chi connectivity index (χ0) is 0. The SMILES string of the molecule is C.N.[Cr].[Fe].[Mn].[Ni]. The topological polar surface area (TPSA) is 35.0 Å². The maximum atomic E-state index is 0. The van der Waals surface area contributed by atoms with Crippen LogP contribution in [0.1, 0.15) is 7.43 Å². The van der Waals surface area contributed by atoms with Crippen molar-refractivity contribution in [3.05, 3.63) is 0 Å². The molecule has 47 valence electrons. The van der Waals surface area contributed by atoms with E-state index in [0.29, 0.717) is 0 Å². The van der Waals surface area contributed by atoms with E-state index in [9.17, 15) is 0 Å². The summed E-state index contributed by atoms with van der Waals surface area (Å²) < 4.78 is 0. The molecule has 0 saturated carbocycles. The zero-order valence-electron chi connectivity index (χ0n) is 2.16. The Morgan fingerprint density at radius 3 is 1.00 bits per heavy atom. The Kier molecular flexibility index (Phi) is 1000. The first-order valence-corrected chi connectivity index (χ1v) is 0. The smallest absolute Gasteiger partial charge is 0 e. The van der Waals surface area contributed by atoms with E-state index in [2.05, 4.69) is 0 Å². The van der Waals surface area contributed by atoms with Crippen molar-refractivity contribution >= 4 is 0 Å². The van der Waals surface area contributed by atoms with E-state index in [0.717, 1.165) is 0 Å². The monoisotopic (exact) mass is 254 g/mol. The molecule has 0 amide bonds. The second-order valence-electron chi connectivity index (χ2n) is 0. The zero-order valence-corrected chi connectivity index (χ0v) is 6.71. The molecule has 0 rings (SSSR count). The third kappa shape index (κ3) is 37.1. The molecule has 0 atom stereocenters. The molecule has 6 heavy (non-hydrogen) atoms. The van der Waals surface area contributed by atoms with Gasteiger partial charge in [0, 0.05) is 68.0 Å². The summed E-state index contributed by atoms with van der Waals surface area (Å²) in [6.07, 6.45) is 0. The fraction of sp³-hybridized carbons (Fsp3) is 1.00. The van der Waals surface area contributed by atoms with Gasteiger partial charge >= 0.3 is 0 Å². The van der Waals surface area contributed by atoms with Crippen molar-refractivity contribution < 1.29 is 68.0 Å². The van der Waals surface area contributed by atoms with E-state index in [1.165, 1.54) is 0 Å². The van der Waals surface area contributed by atoms with E-state index < -0.39 is 0 Å². The summed E-state index contributed by atoms with van der Waals surface area (Å²) in [5, 5.41) is 0. The summed E-state index contributed by atoms with van der Waals surface area (Å²) in [5.74, 6) is 0. The van der Waals surface area contributed by atoms with Gasteiger partial charge in [0.15, 0.2) is 0 Å². The molecule has 0 unspecified atom stereocenters. The number of rotatable bonds is 0. The largest absolute Gasteiger partial charge is 0.344 e. The van der Waals surface area contributed by atoms with Crippen LogP contribution in [0.15, 0.2) is 0 Å². The standard InChI is InChI=1S/CH4.Cr.Fe.Mn.H3N.Ni/h1H4;;;;1H3;. The van der Waals surface area contributed by atoms with E-state index in [1.54, 1.807) is 0 Å². The van der Waals surface area contributed by atoms with Gasteiger partial charge in [0.2, 0.25) is 0 Å². The fourth-order valence-electron chi connectivity index (χ4n) is 0. The van der Waals surface area contributed by atoms with Gasteiger partial charge < -0.3 is 6.15 Å². The molecular weight excluding hydrogens is 247 g/mol. The Balaban J connectivity index is 0. The van der Waals surface area contributed by atoms with Gasteiger partial charge in [0.05, 0.1) is 0 Å². The van der Waals surface area contributed by atoms with Gasteiger partial charge in [0.1, 0.15) is 0 Å². The van der Waals surface area contributed by atoms with Crippen LogP contribution in [0.2, 0.25) is 0 Å². The summed E-state index contributed by atoms with van der Waals surface area (Å²) in [4.78, 5) is 0. The Bertz CT molecular complexity index is 15.5. The minimum atomic E-state index is 0. The van der Waals surface area contributed by atoms with Crippen LogP contribution in [0.4, 0.5) is 0 Å². The molecule has 0 fully saturated rings. The molecule has 0 aliphatic rings.